The maximum atomic E-state index is 13.7. The summed E-state index contributed by atoms with van der Waals surface area (Å²) in [5.74, 6) is -0.383. The molecular weight excluding hydrogens is 315 g/mol. The fourth-order valence-corrected chi connectivity index (χ4v) is 2.77. The molecule has 1 heterocycles. The first kappa shape index (κ1) is 17.3. The van der Waals surface area contributed by atoms with E-state index >= 15 is 0 Å². The van der Waals surface area contributed by atoms with Gasteiger partial charge in [0.25, 0.3) is 0 Å². The van der Waals surface area contributed by atoms with Crippen molar-refractivity contribution in [3.63, 3.8) is 0 Å². The van der Waals surface area contributed by atoms with Crippen molar-refractivity contribution in [1.29, 1.82) is 0 Å². The van der Waals surface area contributed by atoms with E-state index < -0.39 is 6.10 Å². The van der Waals surface area contributed by atoms with Crippen LogP contribution in [0, 0.1) is 5.82 Å². The number of benzene rings is 2. The quantitative estimate of drug-likeness (QED) is 0.706. The number of aliphatic hydroxyl groups is 1. The zero-order valence-electron chi connectivity index (χ0n) is 14.1. The van der Waals surface area contributed by atoms with E-state index in [0.29, 0.717) is 5.56 Å². The van der Waals surface area contributed by atoms with E-state index in [4.69, 9.17) is 0 Å². The topological polar surface area (TPSA) is 45.1 Å². The largest absolute Gasteiger partial charge is 0.387 e. The van der Waals surface area contributed by atoms with Crippen molar-refractivity contribution in [3.05, 3.63) is 90.0 Å². The van der Waals surface area contributed by atoms with Crippen molar-refractivity contribution >= 4 is 0 Å². The average molecular weight is 336 g/mol. The van der Waals surface area contributed by atoms with Crippen LogP contribution in [0.3, 0.4) is 0 Å². The second-order valence-corrected chi connectivity index (χ2v) is 6.03. The van der Waals surface area contributed by atoms with Gasteiger partial charge in [0.05, 0.1) is 6.10 Å². The smallest absolute Gasteiger partial charge is 0.129 e. The van der Waals surface area contributed by atoms with Crippen molar-refractivity contribution < 1.29 is 9.50 Å². The molecule has 2 atom stereocenters. The van der Waals surface area contributed by atoms with Crippen molar-refractivity contribution in [2.24, 2.45) is 0 Å². The Morgan fingerprint density at radius 1 is 0.960 bits per heavy atom. The molecule has 3 nitrogen and oxygen atoms in total. The fourth-order valence-electron chi connectivity index (χ4n) is 2.77. The molecule has 0 radical (unpaired) electrons. The fraction of sp³-hybridized carbons (Fsp3) is 0.190. The van der Waals surface area contributed by atoms with Gasteiger partial charge in [-0.3, -0.25) is 4.98 Å². The molecule has 3 rings (SSSR count). The molecule has 0 saturated heterocycles. The summed E-state index contributed by atoms with van der Waals surface area (Å²) < 4.78 is 13.7. The molecule has 0 amide bonds. The summed E-state index contributed by atoms with van der Waals surface area (Å²) in [4.78, 5) is 4.03. The molecule has 0 bridgehead atoms. The number of hydrogen-bond donors (Lipinski definition) is 2. The van der Waals surface area contributed by atoms with Crippen molar-refractivity contribution in [2.45, 2.75) is 19.1 Å². The Balaban J connectivity index is 1.62. The minimum absolute atomic E-state index is 0.0490. The molecule has 0 aliphatic rings. The summed E-state index contributed by atoms with van der Waals surface area (Å²) in [6, 6.07) is 18.6. The SMILES string of the molecule is CC(NCC(O)c1ccccc1F)c1ccc(-c2ccncc2)cc1. The molecule has 3 aromatic rings. The van der Waals surface area contributed by atoms with Crippen LogP contribution >= 0.6 is 0 Å². The van der Waals surface area contributed by atoms with Crippen LogP contribution in [-0.4, -0.2) is 16.6 Å². The van der Waals surface area contributed by atoms with Crippen LogP contribution in [0.5, 0.6) is 0 Å². The van der Waals surface area contributed by atoms with Crippen molar-refractivity contribution in [3.8, 4) is 11.1 Å². The maximum absolute atomic E-state index is 13.7. The monoisotopic (exact) mass is 336 g/mol. The molecule has 2 N–H and O–H groups in total. The van der Waals surface area contributed by atoms with E-state index in [-0.39, 0.29) is 18.4 Å². The third-order valence-corrected chi connectivity index (χ3v) is 4.31. The second kappa shape index (κ2) is 8.01. The Hall–Kier alpha value is -2.56. The van der Waals surface area contributed by atoms with Gasteiger partial charge < -0.3 is 10.4 Å². The summed E-state index contributed by atoms with van der Waals surface area (Å²) in [5, 5.41) is 13.4. The van der Waals surface area contributed by atoms with Crippen LogP contribution in [0.25, 0.3) is 11.1 Å². The zero-order chi connectivity index (χ0) is 17.6. The summed E-state index contributed by atoms with van der Waals surface area (Å²) >= 11 is 0. The highest BCUT2D eigenvalue weighted by Gasteiger charge is 2.14. The number of nitrogens with one attached hydrogen (secondary N) is 1. The summed E-state index contributed by atoms with van der Waals surface area (Å²) in [7, 11) is 0. The van der Waals surface area contributed by atoms with Gasteiger partial charge in [0.1, 0.15) is 5.82 Å². The highest BCUT2D eigenvalue weighted by molar-refractivity contribution is 5.62. The third-order valence-electron chi connectivity index (χ3n) is 4.31. The van der Waals surface area contributed by atoms with Gasteiger partial charge in [-0.05, 0) is 41.8 Å². The van der Waals surface area contributed by atoms with E-state index in [1.54, 1.807) is 30.6 Å². The van der Waals surface area contributed by atoms with E-state index in [2.05, 4.69) is 34.6 Å². The Kier molecular flexibility index (Phi) is 5.53. The molecule has 0 aliphatic carbocycles. The van der Waals surface area contributed by atoms with E-state index in [1.807, 2.05) is 19.1 Å². The molecule has 1 aromatic heterocycles. The number of halogens is 1. The Bertz CT molecular complexity index is 806. The Morgan fingerprint density at radius 3 is 2.28 bits per heavy atom. The molecule has 0 saturated carbocycles. The lowest BCUT2D eigenvalue weighted by Gasteiger charge is -2.18. The van der Waals surface area contributed by atoms with Gasteiger partial charge in [-0.1, -0.05) is 42.5 Å². The minimum Gasteiger partial charge on any atom is -0.387 e. The van der Waals surface area contributed by atoms with Gasteiger partial charge >= 0.3 is 0 Å². The van der Waals surface area contributed by atoms with Crippen LogP contribution in [-0.2, 0) is 0 Å². The number of rotatable bonds is 6. The minimum atomic E-state index is -0.875. The molecule has 25 heavy (non-hydrogen) atoms. The highest BCUT2D eigenvalue weighted by Crippen LogP contribution is 2.22. The number of aromatic nitrogens is 1. The summed E-state index contributed by atoms with van der Waals surface area (Å²) in [6.07, 6.45) is 2.68. The summed E-state index contributed by atoms with van der Waals surface area (Å²) in [5.41, 5.74) is 3.68. The van der Waals surface area contributed by atoms with Gasteiger partial charge in [0.15, 0.2) is 0 Å². The molecular formula is C21H21FN2O. The highest BCUT2D eigenvalue weighted by atomic mass is 19.1. The normalized spacial score (nSPS) is 13.4. The van der Waals surface area contributed by atoms with E-state index in [0.717, 1.165) is 16.7 Å². The molecule has 4 heteroatoms. The number of hydrogen-bond acceptors (Lipinski definition) is 3. The van der Waals surface area contributed by atoms with E-state index in [1.165, 1.54) is 6.07 Å². The number of pyridine rings is 1. The van der Waals surface area contributed by atoms with Gasteiger partial charge in [-0.15, -0.1) is 0 Å². The van der Waals surface area contributed by atoms with Gasteiger partial charge in [-0.25, -0.2) is 4.39 Å². The lowest BCUT2D eigenvalue weighted by atomic mass is 10.0. The first-order valence-corrected chi connectivity index (χ1v) is 8.31. The molecule has 128 valence electrons. The van der Waals surface area contributed by atoms with Crippen LogP contribution < -0.4 is 5.32 Å². The maximum Gasteiger partial charge on any atom is 0.129 e. The Morgan fingerprint density at radius 2 is 1.60 bits per heavy atom. The first-order valence-electron chi connectivity index (χ1n) is 8.31. The molecule has 0 aliphatic heterocycles. The van der Waals surface area contributed by atoms with Crippen molar-refractivity contribution in [1.82, 2.24) is 10.3 Å². The van der Waals surface area contributed by atoms with Crippen LogP contribution in [0.15, 0.2) is 73.1 Å². The molecule has 2 unspecified atom stereocenters. The predicted octanol–water partition coefficient (Wildman–Crippen LogP) is 4.27. The van der Waals surface area contributed by atoms with Gasteiger partial charge in [0, 0.05) is 30.5 Å². The lowest BCUT2D eigenvalue weighted by Crippen LogP contribution is -2.25. The third kappa shape index (κ3) is 4.29. The number of nitrogens with zero attached hydrogens (tertiary/aromatic N) is 1. The van der Waals surface area contributed by atoms with Crippen molar-refractivity contribution in [2.75, 3.05) is 6.54 Å². The van der Waals surface area contributed by atoms with Gasteiger partial charge in [-0.2, -0.15) is 0 Å². The first-order chi connectivity index (χ1) is 12.1. The standard InChI is InChI=1S/C21H21FN2O/c1-15(24-14-21(25)19-4-2-3-5-20(19)22)16-6-8-17(9-7-16)18-10-12-23-13-11-18/h2-13,15,21,24-25H,14H2,1H3. The predicted molar refractivity (Wildman–Crippen MR) is 97.5 cm³/mol. The van der Waals surface area contributed by atoms with Crippen LogP contribution in [0.1, 0.15) is 30.2 Å². The van der Waals surface area contributed by atoms with E-state index in [9.17, 15) is 9.50 Å². The molecule has 0 spiro atoms. The second-order valence-electron chi connectivity index (χ2n) is 6.03. The zero-order valence-corrected chi connectivity index (χ0v) is 14.1. The summed E-state index contributed by atoms with van der Waals surface area (Å²) in [6.45, 7) is 2.31. The van der Waals surface area contributed by atoms with Gasteiger partial charge in [0.2, 0.25) is 0 Å². The Labute approximate surface area is 147 Å². The number of aliphatic hydroxyl groups excluding tert-OH is 1. The van der Waals surface area contributed by atoms with Crippen LogP contribution in [0.4, 0.5) is 4.39 Å². The lowest BCUT2D eigenvalue weighted by molar-refractivity contribution is 0.166. The van der Waals surface area contributed by atoms with Crippen LogP contribution in [0.2, 0.25) is 0 Å². The molecule has 0 fully saturated rings. The molecule has 2 aromatic carbocycles. The average Bonchev–Trinajstić information content (AvgIpc) is 2.67.